The van der Waals surface area contributed by atoms with Crippen LogP contribution in [0.1, 0.15) is 32.1 Å². The molecule has 0 aromatic rings. The Morgan fingerprint density at radius 3 is 2.80 bits per heavy atom. The van der Waals surface area contributed by atoms with Gasteiger partial charge in [-0.2, -0.15) is 0 Å². The second-order valence-corrected chi connectivity index (χ2v) is 4.51. The molecule has 1 unspecified atom stereocenters. The van der Waals surface area contributed by atoms with E-state index in [9.17, 15) is 4.79 Å². The van der Waals surface area contributed by atoms with Crippen molar-refractivity contribution < 1.29 is 14.6 Å². The Hall–Kier alpha value is -0.610. The molecule has 0 bridgehead atoms. The number of hydrogen-bond donors (Lipinski definition) is 1. The van der Waals surface area contributed by atoms with Gasteiger partial charge in [0.25, 0.3) is 0 Å². The summed E-state index contributed by atoms with van der Waals surface area (Å²) in [6, 6.07) is 1.04. The third-order valence-electron chi connectivity index (χ3n) is 3.45. The molecule has 2 aliphatic rings. The van der Waals surface area contributed by atoms with Gasteiger partial charge in [0.05, 0.1) is 19.3 Å². The van der Waals surface area contributed by atoms with Gasteiger partial charge in [-0.05, 0) is 25.8 Å². The van der Waals surface area contributed by atoms with E-state index in [1.807, 2.05) is 0 Å². The second kappa shape index (κ2) is 4.94. The molecular weight excluding hydrogens is 194 g/mol. The average Bonchev–Trinajstić information content (AvgIpc) is 2.14. The molecule has 0 aromatic heterocycles. The SMILES string of the molecule is O=C(O)CCC1CCCCN1C1COC1. The number of piperidine rings is 1. The molecule has 86 valence electrons. The number of hydrogen-bond acceptors (Lipinski definition) is 3. The van der Waals surface area contributed by atoms with Gasteiger partial charge in [-0.1, -0.05) is 6.42 Å². The first kappa shape index (κ1) is 10.9. The number of nitrogens with zero attached hydrogens (tertiary/aromatic N) is 1. The number of carboxylic acid groups (broad SMARTS) is 1. The maximum Gasteiger partial charge on any atom is 0.303 e. The van der Waals surface area contributed by atoms with Crippen LogP contribution in [0, 0.1) is 0 Å². The van der Waals surface area contributed by atoms with E-state index in [4.69, 9.17) is 9.84 Å². The van der Waals surface area contributed by atoms with Gasteiger partial charge >= 0.3 is 5.97 Å². The zero-order valence-electron chi connectivity index (χ0n) is 9.02. The molecule has 2 heterocycles. The second-order valence-electron chi connectivity index (χ2n) is 4.51. The summed E-state index contributed by atoms with van der Waals surface area (Å²) in [6.07, 6.45) is 4.75. The van der Waals surface area contributed by atoms with Gasteiger partial charge in [0.2, 0.25) is 0 Å². The third-order valence-corrected chi connectivity index (χ3v) is 3.45. The summed E-state index contributed by atoms with van der Waals surface area (Å²) in [5, 5.41) is 8.70. The lowest BCUT2D eigenvalue weighted by molar-refractivity contribution is -0.138. The Kier molecular flexibility index (Phi) is 3.59. The monoisotopic (exact) mass is 213 g/mol. The van der Waals surface area contributed by atoms with Crippen molar-refractivity contribution in [3.05, 3.63) is 0 Å². The summed E-state index contributed by atoms with van der Waals surface area (Å²) in [4.78, 5) is 13.0. The Morgan fingerprint density at radius 1 is 1.40 bits per heavy atom. The van der Waals surface area contributed by atoms with Crippen LogP contribution in [0.2, 0.25) is 0 Å². The summed E-state index contributed by atoms with van der Waals surface area (Å²) in [6.45, 7) is 2.80. The molecule has 0 aliphatic carbocycles. The van der Waals surface area contributed by atoms with Crippen molar-refractivity contribution in [3.63, 3.8) is 0 Å². The topological polar surface area (TPSA) is 49.8 Å². The first-order valence-electron chi connectivity index (χ1n) is 5.82. The zero-order valence-corrected chi connectivity index (χ0v) is 9.02. The van der Waals surface area contributed by atoms with Crippen LogP contribution in [-0.4, -0.2) is 47.8 Å². The first-order chi connectivity index (χ1) is 7.27. The van der Waals surface area contributed by atoms with E-state index in [0.717, 1.165) is 32.6 Å². The fourth-order valence-electron chi connectivity index (χ4n) is 2.52. The molecule has 0 saturated carbocycles. The highest BCUT2D eigenvalue weighted by atomic mass is 16.5. The smallest absolute Gasteiger partial charge is 0.303 e. The number of rotatable bonds is 4. The molecule has 0 spiro atoms. The highest BCUT2D eigenvalue weighted by Crippen LogP contribution is 2.25. The van der Waals surface area contributed by atoms with Crippen LogP contribution in [0.25, 0.3) is 0 Å². The summed E-state index contributed by atoms with van der Waals surface area (Å²) in [7, 11) is 0. The standard InChI is InChI=1S/C11H19NO3/c13-11(14)5-4-9-3-1-2-6-12(9)10-7-15-8-10/h9-10H,1-8H2,(H,13,14). The van der Waals surface area contributed by atoms with Crippen LogP contribution in [0.15, 0.2) is 0 Å². The molecular formula is C11H19NO3. The number of carboxylic acids is 1. The van der Waals surface area contributed by atoms with Crippen molar-refractivity contribution in [2.24, 2.45) is 0 Å². The van der Waals surface area contributed by atoms with Crippen molar-refractivity contribution >= 4 is 5.97 Å². The molecule has 0 amide bonds. The molecule has 1 N–H and O–H groups in total. The van der Waals surface area contributed by atoms with Crippen molar-refractivity contribution in [2.75, 3.05) is 19.8 Å². The van der Waals surface area contributed by atoms with Crippen molar-refractivity contribution in [3.8, 4) is 0 Å². The van der Waals surface area contributed by atoms with E-state index in [0.29, 0.717) is 18.5 Å². The molecule has 4 heteroatoms. The van der Waals surface area contributed by atoms with E-state index in [-0.39, 0.29) is 0 Å². The van der Waals surface area contributed by atoms with E-state index in [1.165, 1.54) is 12.8 Å². The minimum Gasteiger partial charge on any atom is -0.481 e. The quantitative estimate of drug-likeness (QED) is 0.760. The average molecular weight is 213 g/mol. The number of likely N-dealkylation sites (tertiary alicyclic amines) is 1. The van der Waals surface area contributed by atoms with Crippen molar-refractivity contribution in [2.45, 2.75) is 44.2 Å². The molecule has 2 fully saturated rings. The lowest BCUT2D eigenvalue weighted by Gasteiger charge is -2.44. The minimum atomic E-state index is -0.676. The van der Waals surface area contributed by atoms with Crippen molar-refractivity contribution in [1.82, 2.24) is 4.90 Å². The number of ether oxygens (including phenoxy) is 1. The van der Waals surface area contributed by atoms with E-state index in [2.05, 4.69) is 4.90 Å². The lowest BCUT2D eigenvalue weighted by atomic mass is 9.95. The van der Waals surface area contributed by atoms with Crippen LogP contribution in [0.4, 0.5) is 0 Å². The van der Waals surface area contributed by atoms with Gasteiger partial charge in [0.1, 0.15) is 0 Å². The molecule has 2 aliphatic heterocycles. The number of carbonyl (C=O) groups is 1. The van der Waals surface area contributed by atoms with Gasteiger partial charge in [-0.15, -0.1) is 0 Å². The Morgan fingerprint density at radius 2 is 2.20 bits per heavy atom. The largest absolute Gasteiger partial charge is 0.481 e. The van der Waals surface area contributed by atoms with Crippen LogP contribution >= 0.6 is 0 Å². The van der Waals surface area contributed by atoms with E-state index < -0.39 is 5.97 Å². The summed E-state index contributed by atoms with van der Waals surface area (Å²) < 4.78 is 5.20. The van der Waals surface area contributed by atoms with Crippen LogP contribution < -0.4 is 0 Å². The fourth-order valence-corrected chi connectivity index (χ4v) is 2.52. The maximum absolute atomic E-state index is 10.6. The Bertz CT molecular complexity index is 228. The van der Waals surface area contributed by atoms with Gasteiger partial charge in [-0.25, -0.2) is 0 Å². The number of aliphatic carboxylic acids is 1. The Labute approximate surface area is 90.2 Å². The zero-order chi connectivity index (χ0) is 10.7. The molecule has 1 atom stereocenters. The van der Waals surface area contributed by atoms with Crippen LogP contribution in [0.5, 0.6) is 0 Å². The van der Waals surface area contributed by atoms with E-state index >= 15 is 0 Å². The summed E-state index contributed by atoms with van der Waals surface area (Å²) in [5.74, 6) is -0.676. The lowest BCUT2D eigenvalue weighted by Crippen LogP contribution is -2.55. The van der Waals surface area contributed by atoms with E-state index in [1.54, 1.807) is 0 Å². The fraction of sp³-hybridized carbons (Fsp3) is 0.909. The molecule has 2 rings (SSSR count). The molecule has 4 nitrogen and oxygen atoms in total. The maximum atomic E-state index is 10.6. The molecule has 0 aromatic carbocycles. The minimum absolute atomic E-state index is 0.300. The van der Waals surface area contributed by atoms with Crippen molar-refractivity contribution in [1.29, 1.82) is 0 Å². The molecule has 0 radical (unpaired) electrons. The third kappa shape index (κ3) is 2.69. The first-order valence-corrected chi connectivity index (χ1v) is 5.82. The van der Waals surface area contributed by atoms with Gasteiger partial charge < -0.3 is 9.84 Å². The highest BCUT2D eigenvalue weighted by Gasteiger charge is 2.32. The van der Waals surface area contributed by atoms with Gasteiger partial charge in [0.15, 0.2) is 0 Å². The summed E-state index contributed by atoms with van der Waals surface area (Å²) in [5.41, 5.74) is 0. The molecule has 15 heavy (non-hydrogen) atoms. The summed E-state index contributed by atoms with van der Waals surface area (Å²) >= 11 is 0. The normalized spacial score (nSPS) is 28.7. The molecule has 2 saturated heterocycles. The highest BCUT2D eigenvalue weighted by molar-refractivity contribution is 5.66. The van der Waals surface area contributed by atoms with Gasteiger partial charge in [0, 0.05) is 12.5 Å². The van der Waals surface area contributed by atoms with Gasteiger partial charge in [-0.3, -0.25) is 9.69 Å². The van der Waals surface area contributed by atoms with Crippen LogP contribution in [-0.2, 0) is 9.53 Å². The predicted molar refractivity (Wildman–Crippen MR) is 55.8 cm³/mol. The predicted octanol–water partition coefficient (Wildman–Crippen LogP) is 1.10. The Balaban J connectivity index is 1.84. The van der Waals surface area contributed by atoms with Crippen LogP contribution in [0.3, 0.4) is 0 Å².